The van der Waals surface area contributed by atoms with Gasteiger partial charge in [-0.2, -0.15) is 0 Å². The number of pyridine rings is 2. The molecular formula is C29H20N2O5. The highest BCUT2D eigenvalue weighted by Gasteiger charge is 2.39. The van der Waals surface area contributed by atoms with Gasteiger partial charge in [-0.25, -0.2) is 0 Å². The lowest BCUT2D eigenvalue weighted by Gasteiger charge is -2.27. The molecule has 0 bridgehead atoms. The molecule has 0 fully saturated rings. The van der Waals surface area contributed by atoms with Crippen molar-refractivity contribution in [2.75, 3.05) is 0 Å². The van der Waals surface area contributed by atoms with Gasteiger partial charge in [0.1, 0.15) is 23.9 Å². The van der Waals surface area contributed by atoms with E-state index in [0.29, 0.717) is 28.4 Å². The maximum atomic E-state index is 13.2. The molecule has 2 aromatic carbocycles. The van der Waals surface area contributed by atoms with Crippen LogP contribution in [0.15, 0.2) is 91.1 Å². The molecule has 4 heterocycles. The quantitative estimate of drug-likeness (QED) is 0.225. The molecule has 0 aliphatic carbocycles. The van der Waals surface area contributed by atoms with E-state index in [2.05, 4.69) is 9.97 Å². The van der Waals surface area contributed by atoms with E-state index in [1.165, 1.54) is 0 Å². The molecule has 1 atom stereocenters. The normalized spacial score (nSPS) is 17.2. The van der Waals surface area contributed by atoms with Gasteiger partial charge in [0.25, 0.3) is 0 Å². The maximum absolute atomic E-state index is 13.2. The fraction of sp³-hybridized carbons (Fsp3) is 0.103. The summed E-state index contributed by atoms with van der Waals surface area (Å²) >= 11 is 0. The molecule has 0 N–H and O–H groups in total. The van der Waals surface area contributed by atoms with E-state index >= 15 is 0 Å². The summed E-state index contributed by atoms with van der Waals surface area (Å²) in [6.45, 7) is 0.280. The standard InChI is InChI=1S/C29H20N2O5/c32-26-15-22(20-8-1-2-9-23(20)34-17-19-7-3-4-13-31-19)27-24(35-26)11-10-21-28(33)25(36-29(21)27)14-18-6-5-12-30-16-18/h1-14,16,22H,15,17H2. The zero-order valence-electron chi connectivity index (χ0n) is 19.1. The third kappa shape index (κ3) is 4.01. The van der Waals surface area contributed by atoms with Gasteiger partial charge < -0.3 is 14.2 Å². The smallest absolute Gasteiger partial charge is 0.312 e. The number of hydrogen-bond acceptors (Lipinski definition) is 7. The summed E-state index contributed by atoms with van der Waals surface area (Å²) in [5.74, 6) is 0.606. The second-order valence-corrected chi connectivity index (χ2v) is 8.46. The lowest BCUT2D eigenvalue weighted by molar-refractivity contribution is -0.135. The van der Waals surface area contributed by atoms with Crippen molar-refractivity contribution in [3.8, 4) is 17.2 Å². The minimum atomic E-state index is -0.415. The van der Waals surface area contributed by atoms with Crippen molar-refractivity contribution >= 4 is 17.8 Å². The van der Waals surface area contributed by atoms with E-state index < -0.39 is 5.92 Å². The number of benzene rings is 2. The number of Topliss-reactive ketones (excluding diaryl/α,β-unsaturated/α-hetero) is 1. The molecule has 0 spiro atoms. The molecule has 6 rings (SSSR count). The average Bonchev–Trinajstić information content (AvgIpc) is 3.23. The van der Waals surface area contributed by atoms with Gasteiger partial charge >= 0.3 is 5.97 Å². The topological polar surface area (TPSA) is 87.6 Å². The molecule has 36 heavy (non-hydrogen) atoms. The van der Waals surface area contributed by atoms with E-state index in [1.807, 2.05) is 48.5 Å². The fourth-order valence-corrected chi connectivity index (χ4v) is 4.52. The Morgan fingerprint density at radius 1 is 0.944 bits per heavy atom. The van der Waals surface area contributed by atoms with Crippen molar-refractivity contribution in [1.82, 2.24) is 9.97 Å². The van der Waals surface area contributed by atoms with Gasteiger partial charge in [-0.05, 0) is 48.0 Å². The zero-order valence-corrected chi connectivity index (χ0v) is 19.1. The van der Waals surface area contributed by atoms with Crippen molar-refractivity contribution < 1.29 is 23.8 Å². The lowest BCUT2D eigenvalue weighted by Crippen LogP contribution is -2.22. The van der Waals surface area contributed by atoms with Gasteiger partial charge in [-0.3, -0.25) is 19.6 Å². The van der Waals surface area contributed by atoms with Gasteiger partial charge in [-0.15, -0.1) is 0 Å². The van der Waals surface area contributed by atoms with Crippen LogP contribution in [0.4, 0.5) is 0 Å². The minimum Gasteiger partial charge on any atom is -0.487 e. The zero-order chi connectivity index (χ0) is 24.5. The van der Waals surface area contributed by atoms with Crippen LogP contribution < -0.4 is 14.2 Å². The third-order valence-electron chi connectivity index (χ3n) is 6.16. The number of para-hydroxylation sites is 1. The van der Waals surface area contributed by atoms with Crippen molar-refractivity contribution in [1.29, 1.82) is 0 Å². The first-order valence-electron chi connectivity index (χ1n) is 11.5. The molecule has 2 aliphatic heterocycles. The maximum Gasteiger partial charge on any atom is 0.312 e. The molecule has 0 radical (unpaired) electrons. The van der Waals surface area contributed by atoms with Crippen LogP contribution in [-0.2, 0) is 11.4 Å². The van der Waals surface area contributed by atoms with E-state index in [4.69, 9.17) is 14.2 Å². The van der Waals surface area contributed by atoms with Gasteiger partial charge in [0.2, 0.25) is 5.78 Å². The summed E-state index contributed by atoms with van der Waals surface area (Å²) in [7, 11) is 0. The minimum absolute atomic E-state index is 0.0899. The highest BCUT2D eigenvalue weighted by Crippen LogP contribution is 2.50. The number of allylic oxidation sites excluding steroid dienone is 1. The first-order valence-corrected chi connectivity index (χ1v) is 11.5. The van der Waals surface area contributed by atoms with Crippen molar-refractivity contribution in [2.24, 2.45) is 0 Å². The second-order valence-electron chi connectivity index (χ2n) is 8.46. The molecular weight excluding hydrogens is 456 g/mol. The highest BCUT2D eigenvalue weighted by atomic mass is 16.5. The van der Waals surface area contributed by atoms with Crippen LogP contribution in [0.1, 0.15) is 45.1 Å². The van der Waals surface area contributed by atoms with Gasteiger partial charge in [0.15, 0.2) is 5.76 Å². The molecule has 176 valence electrons. The van der Waals surface area contributed by atoms with Crippen LogP contribution in [0.2, 0.25) is 0 Å². The number of aromatic nitrogens is 2. The third-order valence-corrected chi connectivity index (χ3v) is 6.16. The summed E-state index contributed by atoms with van der Waals surface area (Å²) in [5, 5.41) is 0. The Morgan fingerprint density at radius 2 is 1.83 bits per heavy atom. The van der Waals surface area contributed by atoms with Gasteiger partial charge in [0.05, 0.1) is 17.7 Å². The second kappa shape index (κ2) is 9.11. The molecule has 0 saturated heterocycles. The first-order chi connectivity index (χ1) is 17.7. The van der Waals surface area contributed by atoms with Crippen LogP contribution in [0, 0.1) is 0 Å². The van der Waals surface area contributed by atoms with E-state index in [-0.39, 0.29) is 30.5 Å². The van der Waals surface area contributed by atoms with Crippen molar-refractivity contribution in [3.63, 3.8) is 0 Å². The fourth-order valence-electron chi connectivity index (χ4n) is 4.52. The number of ketones is 1. The predicted molar refractivity (Wildman–Crippen MR) is 131 cm³/mol. The molecule has 2 aliphatic rings. The molecule has 4 aromatic rings. The summed E-state index contributed by atoms with van der Waals surface area (Å²) in [6, 6.07) is 20.1. The summed E-state index contributed by atoms with van der Waals surface area (Å²) in [5.41, 5.74) is 3.43. The van der Waals surface area contributed by atoms with Crippen LogP contribution >= 0.6 is 0 Å². The number of esters is 1. The average molecular weight is 476 g/mol. The van der Waals surface area contributed by atoms with Crippen molar-refractivity contribution in [3.05, 3.63) is 119 Å². The SMILES string of the molecule is O=C1CC(c2ccccc2OCc2ccccn2)c2c(ccc3c2OC(=Cc2cccnc2)C3=O)O1. The Morgan fingerprint density at radius 3 is 2.67 bits per heavy atom. The Kier molecular flexibility index (Phi) is 5.50. The van der Waals surface area contributed by atoms with E-state index in [9.17, 15) is 9.59 Å². The number of ether oxygens (including phenoxy) is 3. The first kappa shape index (κ1) is 21.7. The van der Waals surface area contributed by atoms with Crippen LogP contribution in [0.25, 0.3) is 6.08 Å². The number of carbonyl (C=O) groups is 2. The number of carbonyl (C=O) groups excluding carboxylic acids is 2. The summed E-state index contributed by atoms with van der Waals surface area (Å²) < 4.78 is 17.8. The van der Waals surface area contributed by atoms with Crippen LogP contribution in [0.3, 0.4) is 0 Å². The number of hydrogen-bond donors (Lipinski definition) is 0. The van der Waals surface area contributed by atoms with E-state index in [1.54, 1.807) is 42.9 Å². The Labute approximate surface area is 207 Å². The molecule has 7 nitrogen and oxygen atoms in total. The van der Waals surface area contributed by atoms with E-state index in [0.717, 1.165) is 16.8 Å². The molecule has 2 aromatic heterocycles. The molecule has 0 saturated carbocycles. The van der Waals surface area contributed by atoms with Crippen LogP contribution in [0.5, 0.6) is 17.2 Å². The lowest BCUT2D eigenvalue weighted by atomic mass is 9.84. The molecule has 1 unspecified atom stereocenters. The largest absolute Gasteiger partial charge is 0.487 e. The Bertz CT molecular complexity index is 1500. The Hall–Kier alpha value is -4.78. The monoisotopic (exact) mass is 476 g/mol. The van der Waals surface area contributed by atoms with Gasteiger partial charge in [0, 0.05) is 35.6 Å². The molecule has 7 heteroatoms. The predicted octanol–water partition coefficient (Wildman–Crippen LogP) is 5.11. The summed E-state index contributed by atoms with van der Waals surface area (Å²) in [6.07, 6.45) is 6.78. The number of nitrogens with zero attached hydrogens (tertiary/aromatic N) is 2. The van der Waals surface area contributed by atoms with Crippen LogP contribution in [-0.4, -0.2) is 21.7 Å². The van der Waals surface area contributed by atoms with Crippen molar-refractivity contribution in [2.45, 2.75) is 18.9 Å². The number of fused-ring (bicyclic) bond motifs is 3. The number of rotatable bonds is 5. The van der Waals surface area contributed by atoms with Gasteiger partial charge in [-0.1, -0.05) is 30.3 Å². The Balaban J connectivity index is 1.40. The summed E-state index contributed by atoms with van der Waals surface area (Å²) in [4.78, 5) is 34.1. The highest BCUT2D eigenvalue weighted by molar-refractivity contribution is 6.15. The molecule has 0 amide bonds.